The van der Waals surface area contributed by atoms with Crippen molar-refractivity contribution in [3.63, 3.8) is 0 Å². The summed E-state index contributed by atoms with van der Waals surface area (Å²) in [6.07, 6.45) is 1.44. The van der Waals surface area contributed by atoms with Crippen LogP contribution in [0.3, 0.4) is 0 Å². The molecule has 1 aromatic rings. The van der Waals surface area contributed by atoms with Gasteiger partial charge in [-0.1, -0.05) is 6.42 Å². The van der Waals surface area contributed by atoms with Gasteiger partial charge in [-0.05, 0) is 37.5 Å². The second kappa shape index (κ2) is 10.4. The molecule has 2 rings (SSSR count). The smallest absolute Gasteiger partial charge is 0.303 e. The zero-order valence-electron chi connectivity index (χ0n) is 17.5. The molecule has 10 nitrogen and oxygen atoms in total. The molecule has 0 aromatic heterocycles. The van der Waals surface area contributed by atoms with Crippen LogP contribution in [0.5, 0.6) is 5.75 Å². The number of nitrogens with zero attached hydrogens (tertiary/aromatic N) is 1. The van der Waals surface area contributed by atoms with Gasteiger partial charge in [0.05, 0.1) is 18.6 Å². The Labute approximate surface area is 182 Å². The Kier molecular flexibility index (Phi) is 8.43. The number of sulfone groups is 1. The van der Waals surface area contributed by atoms with Gasteiger partial charge in [0.1, 0.15) is 10.6 Å². The van der Waals surface area contributed by atoms with E-state index in [0.29, 0.717) is 19.3 Å². The zero-order chi connectivity index (χ0) is 23.2. The van der Waals surface area contributed by atoms with Gasteiger partial charge in [-0.15, -0.1) is 0 Å². The summed E-state index contributed by atoms with van der Waals surface area (Å²) in [7, 11) is -6.18. The molecule has 1 fully saturated rings. The number of carbonyl (C=O) groups excluding carboxylic acids is 1. The van der Waals surface area contributed by atoms with Crippen LogP contribution in [0.2, 0.25) is 0 Å². The number of unbranched alkanes of at least 4 members (excludes halogenated alkanes) is 2. The number of hydrogen-bond donors (Lipinski definition) is 2. The monoisotopic (exact) mass is 476 g/mol. The number of anilines is 1. The fraction of sp³-hybridized carbons (Fsp3) is 0.579. The number of amides is 1. The SMILES string of the molecule is COc1ccc(NC(C)=O)cc1S(=O)(=O)N(CCCCCC(=O)O)[C@@H]1CCS(=O)(=O)C1. The Morgan fingerprint density at radius 3 is 2.52 bits per heavy atom. The Morgan fingerprint density at radius 2 is 1.97 bits per heavy atom. The number of benzene rings is 1. The first kappa shape index (κ1) is 25.1. The van der Waals surface area contributed by atoms with Crippen molar-refractivity contribution in [3.8, 4) is 5.75 Å². The third kappa shape index (κ3) is 6.91. The average Bonchev–Trinajstić information content (AvgIpc) is 3.02. The van der Waals surface area contributed by atoms with Crippen LogP contribution in [0.1, 0.15) is 39.0 Å². The molecule has 174 valence electrons. The number of rotatable bonds is 11. The predicted octanol–water partition coefficient (Wildman–Crippen LogP) is 1.48. The molecule has 0 aliphatic carbocycles. The van der Waals surface area contributed by atoms with Crippen molar-refractivity contribution < 1.29 is 36.3 Å². The van der Waals surface area contributed by atoms with Crippen LogP contribution in [0.4, 0.5) is 5.69 Å². The van der Waals surface area contributed by atoms with Gasteiger partial charge in [0.25, 0.3) is 0 Å². The van der Waals surface area contributed by atoms with Gasteiger partial charge in [0.15, 0.2) is 9.84 Å². The third-order valence-corrected chi connectivity index (χ3v) is 8.68. The van der Waals surface area contributed by atoms with Crippen LogP contribution >= 0.6 is 0 Å². The lowest BCUT2D eigenvalue weighted by atomic mass is 10.2. The molecule has 1 saturated heterocycles. The first-order valence-electron chi connectivity index (χ1n) is 9.86. The highest BCUT2D eigenvalue weighted by atomic mass is 32.2. The van der Waals surface area contributed by atoms with Gasteiger partial charge in [-0.3, -0.25) is 9.59 Å². The largest absolute Gasteiger partial charge is 0.495 e. The van der Waals surface area contributed by atoms with E-state index in [9.17, 15) is 26.4 Å². The molecule has 1 amide bonds. The number of sulfonamides is 1. The normalized spacial score (nSPS) is 18.1. The summed E-state index contributed by atoms with van der Waals surface area (Å²) in [5.41, 5.74) is 0.271. The first-order valence-corrected chi connectivity index (χ1v) is 13.1. The molecule has 1 aromatic carbocycles. The van der Waals surface area contributed by atoms with Crippen molar-refractivity contribution >= 4 is 37.4 Å². The van der Waals surface area contributed by atoms with E-state index in [2.05, 4.69) is 5.32 Å². The Balaban J connectivity index is 2.36. The molecule has 1 aliphatic rings. The molecule has 2 N–H and O–H groups in total. The molecular formula is C19H28N2O8S2. The maximum absolute atomic E-state index is 13.6. The number of hydrogen-bond acceptors (Lipinski definition) is 7. The van der Waals surface area contributed by atoms with Gasteiger partial charge in [0, 0.05) is 31.6 Å². The molecule has 0 radical (unpaired) electrons. The highest BCUT2D eigenvalue weighted by molar-refractivity contribution is 7.92. The third-order valence-electron chi connectivity index (χ3n) is 4.96. The Morgan fingerprint density at radius 1 is 1.26 bits per heavy atom. The number of aliphatic carboxylic acids is 1. The van der Waals surface area contributed by atoms with E-state index in [1.807, 2.05) is 0 Å². The highest BCUT2D eigenvalue weighted by Crippen LogP contribution is 2.33. The van der Waals surface area contributed by atoms with Gasteiger partial charge in [0.2, 0.25) is 15.9 Å². The summed E-state index contributed by atoms with van der Waals surface area (Å²) in [4.78, 5) is 21.9. The highest BCUT2D eigenvalue weighted by Gasteiger charge is 2.39. The average molecular weight is 477 g/mol. The van der Waals surface area contributed by atoms with Crippen molar-refractivity contribution in [3.05, 3.63) is 18.2 Å². The van der Waals surface area contributed by atoms with Crippen LogP contribution in [0, 0.1) is 0 Å². The lowest BCUT2D eigenvalue weighted by molar-refractivity contribution is -0.137. The Bertz CT molecular complexity index is 1020. The summed E-state index contributed by atoms with van der Waals surface area (Å²) in [6, 6.07) is 3.50. The van der Waals surface area contributed by atoms with Crippen LogP contribution < -0.4 is 10.1 Å². The lowest BCUT2D eigenvalue weighted by Gasteiger charge is -2.28. The molecule has 1 aliphatic heterocycles. The maximum atomic E-state index is 13.6. The topological polar surface area (TPSA) is 147 Å². The predicted molar refractivity (Wildman–Crippen MR) is 114 cm³/mol. The Hall–Kier alpha value is -2.18. The van der Waals surface area contributed by atoms with E-state index >= 15 is 0 Å². The summed E-state index contributed by atoms with van der Waals surface area (Å²) < 4.78 is 57.5. The number of carboxylic acid groups (broad SMARTS) is 1. The summed E-state index contributed by atoms with van der Waals surface area (Å²) >= 11 is 0. The van der Waals surface area contributed by atoms with Crippen LogP contribution in [-0.2, 0) is 29.4 Å². The van der Waals surface area contributed by atoms with Gasteiger partial charge in [-0.2, -0.15) is 4.31 Å². The minimum atomic E-state index is -4.16. The molecule has 0 bridgehead atoms. The molecular weight excluding hydrogens is 448 g/mol. The van der Waals surface area contributed by atoms with Gasteiger partial charge < -0.3 is 15.2 Å². The fourth-order valence-electron chi connectivity index (χ4n) is 3.51. The molecule has 31 heavy (non-hydrogen) atoms. The van der Waals surface area contributed by atoms with Crippen LogP contribution in [-0.4, -0.2) is 69.3 Å². The van der Waals surface area contributed by atoms with E-state index in [4.69, 9.17) is 9.84 Å². The van der Waals surface area contributed by atoms with E-state index in [-0.39, 0.29) is 53.1 Å². The molecule has 0 spiro atoms. The number of carbonyl (C=O) groups is 2. The summed E-state index contributed by atoms with van der Waals surface area (Å²) in [5.74, 6) is -1.58. The van der Waals surface area contributed by atoms with E-state index in [1.165, 1.54) is 36.5 Å². The van der Waals surface area contributed by atoms with Crippen LogP contribution in [0.25, 0.3) is 0 Å². The number of methoxy groups -OCH3 is 1. The number of ether oxygens (including phenoxy) is 1. The molecule has 0 saturated carbocycles. The zero-order valence-corrected chi connectivity index (χ0v) is 19.2. The van der Waals surface area contributed by atoms with Crippen LogP contribution in [0.15, 0.2) is 23.1 Å². The standard InChI is InChI=1S/C19H28N2O8S2/c1-14(22)20-15-7-8-17(29-2)18(12-15)31(27,28)21(10-5-3-4-6-19(23)24)16-9-11-30(25,26)13-16/h7-8,12,16H,3-6,9-11,13H2,1-2H3,(H,20,22)(H,23,24)/t16-/m1/s1. The van der Waals surface area contributed by atoms with E-state index in [0.717, 1.165) is 0 Å². The second-order valence-electron chi connectivity index (χ2n) is 7.42. The molecule has 1 heterocycles. The quantitative estimate of drug-likeness (QED) is 0.456. The minimum Gasteiger partial charge on any atom is -0.495 e. The molecule has 12 heteroatoms. The first-order chi connectivity index (χ1) is 14.5. The maximum Gasteiger partial charge on any atom is 0.303 e. The number of nitrogens with one attached hydrogen (secondary N) is 1. The molecule has 1 atom stereocenters. The van der Waals surface area contributed by atoms with Crippen molar-refractivity contribution in [2.45, 2.75) is 50.0 Å². The lowest BCUT2D eigenvalue weighted by Crippen LogP contribution is -2.41. The number of carboxylic acids is 1. The van der Waals surface area contributed by atoms with Gasteiger partial charge in [-0.25, -0.2) is 16.8 Å². The van der Waals surface area contributed by atoms with Crippen molar-refractivity contribution in [1.82, 2.24) is 4.31 Å². The molecule has 0 unspecified atom stereocenters. The van der Waals surface area contributed by atoms with Crippen molar-refractivity contribution in [1.29, 1.82) is 0 Å². The van der Waals surface area contributed by atoms with Gasteiger partial charge >= 0.3 is 5.97 Å². The summed E-state index contributed by atoms with van der Waals surface area (Å²) in [6.45, 7) is 1.35. The minimum absolute atomic E-state index is 0.0167. The van der Waals surface area contributed by atoms with E-state index < -0.39 is 31.9 Å². The fourth-order valence-corrected chi connectivity index (χ4v) is 7.21. The van der Waals surface area contributed by atoms with Crippen molar-refractivity contribution in [2.24, 2.45) is 0 Å². The summed E-state index contributed by atoms with van der Waals surface area (Å²) in [5, 5.41) is 11.3. The van der Waals surface area contributed by atoms with E-state index in [1.54, 1.807) is 0 Å². The van der Waals surface area contributed by atoms with Crippen molar-refractivity contribution in [2.75, 3.05) is 30.5 Å². The second-order valence-corrected chi connectivity index (χ2v) is 11.5.